The van der Waals surface area contributed by atoms with E-state index < -0.39 is 10.0 Å². The molecule has 1 fully saturated rings. The van der Waals surface area contributed by atoms with Crippen molar-refractivity contribution in [3.63, 3.8) is 0 Å². The minimum absolute atomic E-state index is 0.0326. The van der Waals surface area contributed by atoms with Gasteiger partial charge in [-0.15, -0.1) is 0 Å². The highest BCUT2D eigenvalue weighted by molar-refractivity contribution is 7.89. The molecule has 0 atom stereocenters. The van der Waals surface area contributed by atoms with E-state index in [4.69, 9.17) is 11.6 Å². The molecular formula is C12H17ClN2O2S. The predicted octanol–water partition coefficient (Wildman–Crippen LogP) is 2.45. The molecule has 0 spiro atoms. The first kappa shape index (κ1) is 13.8. The van der Waals surface area contributed by atoms with Crippen molar-refractivity contribution >= 4 is 21.6 Å². The first-order valence-corrected chi connectivity index (χ1v) is 7.58. The van der Waals surface area contributed by atoms with E-state index in [0.717, 1.165) is 0 Å². The quantitative estimate of drug-likeness (QED) is 0.929. The van der Waals surface area contributed by atoms with Gasteiger partial charge in [0.25, 0.3) is 0 Å². The van der Waals surface area contributed by atoms with Crippen LogP contribution in [0.1, 0.15) is 27.7 Å². The van der Waals surface area contributed by atoms with Gasteiger partial charge in [0.05, 0.1) is 5.02 Å². The van der Waals surface area contributed by atoms with Gasteiger partial charge in [-0.25, -0.2) is 13.1 Å². The van der Waals surface area contributed by atoms with E-state index in [2.05, 4.69) is 9.71 Å². The highest BCUT2D eigenvalue weighted by Gasteiger charge is 2.66. The summed E-state index contributed by atoms with van der Waals surface area (Å²) in [4.78, 5) is 3.84. The van der Waals surface area contributed by atoms with Crippen LogP contribution in [-0.4, -0.2) is 19.4 Å². The molecule has 0 unspecified atom stereocenters. The molecule has 1 saturated carbocycles. The Balaban J connectivity index is 2.29. The van der Waals surface area contributed by atoms with E-state index in [1.807, 2.05) is 27.7 Å². The summed E-state index contributed by atoms with van der Waals surface area (Å²) in [6, 6.07) is 1.38. The molecule has 100 valence electrons. The Kier molecular flexibility index (Phi) is 3.00. The van der Waals surface area contributed by atoms with Gasteiger partial charge >= 0.3 is 0 Å². The van der Waals surface area contributed by atoms with E-state index in [-0.39, 0.29) is 26.8 Å². The minimum Gasteiger partial charge on any atom is -0.263 e. The average molecular weight is 289 g/mol. The third kappa shape index (κ3) is 1.94. The molecule has 2 rings (SSSR count). The van der Waals surface area contributed by atoms with Gasteiger partial charge in [-0.1, -0.05) is 39.3 Å². The van der Waals surface area contributed by atoms with Gasteiger partial charge in [0.15, 0.2) is 0 Å². The van der Waals surface area contributed by atoms with E-state index in [9.17, 15) is 8.42 Å². The van der Waals surface area contributed by atoms with Crippen molar-refractivity contribution in [2.24, 2.45) is 10.8 Å². The number of hydrogen-bond donors (Lipinski definition) is 1. The van der Waals surface area contributed by atoms with Crippen LogP contribution in [0.2, 0.25) is 5.02 Å². The summed E-state index contributed by atoms with van der Waals surface area (Å²) >= 11 is 5.90. The van der Waals surface area contributed by atoms with Crippen LogP contribution in [0.4, 0.5) is 0 Å². The molecule has 1 N–H and O–H groups in total. The predicted molar refractivity (Wildman–Crippen MR) is 70.9 cm³/mol. The van der Waals surface area contributed by atoms with Crippen molar-refractivity contribution in [2.75, 3.05) is 0 Å². The first-order chi connectivity index (χ1) is 8.11. The zero-order valence-electron chi connectivity index (χ0n) is 10.9. The fourth-order valence-electron chi connectivity index (χ4n) is 2.27. The van der Waals surface area contributed by atoms with Crippen molar-refractivity contribution in [3.05, 3.63) is 23.5 Å². The van der Waals surface area contributed by atoms with E-state index in [0.29, 0.717) is 0 Å². The molecule has 1 aliphatic carbocycles. The SMILES string of the molecule is CC1(C)C(NS(=O)(=O)c2cnccc2Cl)C1(C)C. The van der Waals surface area contributed by atoms with Gasteiger partial charge in [0, 0.05) is 18.4 Å². The van der Waals surface area contributed by atoms with Crippen LogP contribution in [0.15, 0.2) is 23.4 Å². The summed E-state index contributed by atoms with van der Waals surface area (Å²) < 4.78 is 27.2. The maximum Gasteiger partial charge on any atom is 0.243 e. The van der Waals surface area contributed by atoms with Crippen LogP contribution >= 0.6 is 11.6 Å². The van der Waals surface area contributed by atoms with Crippen molar-refractivity contribution in [3.8, 4) is 0 Å². The maximum absolute atomic E-state index is 12.2. The molecular weight excluding hydrogens is 272 g/mol. The molecule has 0 saturated heterocycles. The lowest BCUT2D eigenvalue weighted by Gasteiger charge is -2.09. The molecule has 0 amide bonds. The van der Waals surface area contributed by atoms with E-state index in [1.54, 1.807) is 0 Å². The summed E-state index contributed by atoms with van der Waals surface area (Å²) in [7, 11) is -3.61. The normalized spacial score (nSPS) is 21.8. The number of nitrogens with zero attached hydrogens (tertiary/aromatic N) is 1. The molecule has 0 radical (unpaired) electrons. The maximum atomic E-state index is 12.2. The van der Waals surface area contributed by atoms with Crippen molar-refractivity contribution in [1.82, 2.24) is 9.71 Å². The second-order valence-corrected chi connectivity index (χ2v) is 7.89. The smallest absolute Gasteiger partial charge is 0.243 e. The lowest BCUT2D eigenvalue weighted by atomic mass is 10.0. The number of halogens is 1. The van der Waals surface area contributed by atoms with Gasteiger partial charge < -0.3 is 0 Å². The fraction of sp³-hybridized carbons (Fsp3) is 0.583. The molecule has 0 aromatic carbocycles. The van der Waals surface area contributed by atoms with Crippen LogP contribution in [0.3, 0.4) is 0 Å². The molecule has 0 bridgehead atoms. The number of nitrogens with one attached hydrogen (secondary N) is 1. The van der Waals surface area contributed by atoms with Crippen molar-refractivity contribution in [2.45, 2.75) is 38.6 Å². The molecule has 1 heterocycles. The van der Waals surface area contributed by atoms with Gasteiger partial charge in [0.2, 0.25) is 10.0 Å². The number of aromatic nitrogens is 1. The number of sulfonamides is 1. The minimum atomic E-state index is -3.61. The lowest BCUT2D eigenvalue weighted by molar-refractivity contribution is 0.457. The van der Waals surface area contributed by atoms with Crippen LogP contribution in [0.25, 0.3) is 0 Å². The molecule has 18 heavy (non-hydrogen) atoms. The summed E-state index contributed by atoms with van der Waals surface area (Å²) in [6.07, 6.45) is 2.74. The molecule has 4 nitrogen and oxygen atoms in total. The fourth-order valence-corrected chi connectivity index (χ4v) is 4.23. The highest BCUT2D eigenvalue weighted by Crippen LogP contribution is 2.62. The average Bonchev–Trinajstić information content (AvgIpc) is 2.61. The third-order valence-corrected chi connectivity index (χ3v) is 6.21. The van der Waals surface area contributed by atoms with Crippen LogP contribution in [-0.2, 0) is 10.0 Å². The van der Waals surface area contributed by atoms with Crippen molar-refractivity contribution in [1.29, 1.82) is 0 Å². The van der Waals surface area contributed by atoms with Crippen molar-refractivity contribution < 1.29 is 8.42 Å². The van der Waals surface area contributed by atoms with Crippen LogP contribution in [0.5, 0.6) is 0 Å². The summed E-state index contributed by atoms with van der Waals surface area (Å²) in [5.41, 5.74) is -0.122. The Bertz CT molecular complexity index is 567. The zero-order chi connectivity index (χ0) is 13.8. The summed E-state index contributed by atoms with van der Waals surface area (Å²) in [5.74, 6) is 0. The molecule has 1 aromatic rings. The molecule has 1 aliphatic rings. The number of pyridine rings is 1. The van der Waals surface area contributed by atoms with Gasteiger partial charge in [-0.2, -0.15) is 0 Å². The standard InChI is InChI=1S/C12H17ClN2O2S/c1-11(2)10(12(11,3)4)15-18(16,17)9-7-14-6-5-8(9)13/h5-7,10,15H,1-4H3. The second kappa shape index (κ2) is 3.92. The number of rotatable bonds is 3. The first-order valence-electron chi connectivity index (χ1n) is 5.72. The zero-order valence-corrected chi connectivity index (χ0v) is 12.4. The largest absolute Gasteiger partial charge is 0.263 e. The van der Waals surface area contributed by atoms with Gasteiger partial charge in [-0.05, 0) is 16.9 Å². The second-order valence-electron chi connectivity index (χ2n) is 5.80. The molecule has 0 aliphatic heterocycles. The Hall–Kier alpha value is -0.650. The molecule has 6 heteroatoms. The summed E-state index contributed by atoms with van der Waals surface area (Å²) in [6.45, 7) is 8.19. The third-order valence-electron chi connectivity index (χ3n) is 4.32. The van der Waals surface area contributed by atoms with Crippen LogP contribution < -0.4 is 4.72 Å². The van der Waals surface area contributed by atoms with E-state index in [1.165, 1.54) is 18.5 Å². The Morgan fingerprint density at radius 1 is 1.28 bits per heavy atom. The summed E-state index contributed by atoms with van der Waals surface area (Å²) in [5, 5.41) is 0.189. The van der Waals surface area contributed by atoms with E-state index >= 15 is 0 Å². The Morgan fingerprint density at radius 3 is 2.28 bits per heavy atom. The molecule has 1 aromatic heterocycles. The Morgan fingerprint density at radius 2 is 1.83 bits per heavy atom. The Labute approximate surface area is 113 Å². The van der Waals surface area contributed by atoms with Gasteiger partial charge in [0.1, 0.15) is 4.90 Å². The topological polar surface area (TPSA) is 59.1 Å². The number of hydrogen-bond acceptors (Lipinski definition) is 3. The monoisotopic (exact) mass is 288 g/mol. The van der Waals surface area contributed by atoms with Crippen LogP contribution in [0, 0.1) is 10.8 Å². The highest BCUT2D eigenvalue weighted by atomic mass is 35.5. The van der Waals surface area contributed by atoms with Gasteiger partial charge in [-0.3, -0.25) is 4.98 Å². The lowest BCUT2D eigenvalue weighted by Crippen LogP contribution is -2.30.